The molecule has 0 aliphatic carbocycles. The summed E-state index contributed by atoms with van der Waals surface area (Å²) in [6.07, 6.45) is 2.16. The fourth-order valence-electron chi connectivity index (χ4n) is 2.55. The van der Waals surface area contributed by atoms with E-state index in [2.05, 4.69) is 58.6 Å². The summed E-state index contributed by atoms with van der Waals surface area (Å²) in [6, 6.07) is 8.83. The lowest BCUT2D eigenvalue weighted by Gasteiger charge is -2.18. The molecule has 0 fully saturated rings. The van der Waals surface area contributed by atoms with E-state index in [0.717, 1.165) is 64.7 Å². The Kier molecular flexibility index (Phi) is 15.8. The number of hydrogen-bond acceptors (Lipinski definition) is 3. The number of ether oxygens (including phenoxy) is 1. The van der Waals surface area contributed by atoms with Gasteiger partial charge in [-0.2, -0.15) is 0 Å². The van der Waals surface area contributed by atoms with E-state index in [-0.39, 0.29) is 24.0 Å². The molecule has 6 heteroatoms. The minimum absolute atomic E-state index is 0. The average Bonchev–Trinajstić information content (AvgIpc) is 2.66. The lowest BCUT2D eigenvalue weighted by atomic mass is 10.1. The number of nitrogens with one attached hydrogen (secondary N) is 2. The molecule has 0 saturated heterocycles. The molecule has 0 atom stereocenters. The average molecular weight is 476 g/mol. The van der Waals surface area contributed by atoms with E-state index in [0.29, 0.717) is 0 Å². The van der Waals surface area contributed by atoms with E-state index in [4.69, 9.17) is 4.74 Å². The zero-order chi connectivity index (χ0) is 18.3. The highest BCUT2D eigenvalue weighted by molar-refractivity contribution is 14.0. The summed E-state index contributed by atoms with van der Waals surface area (Å²) in [5.74, 6) is 0.851. The third kappa shape index (κ3) is 11.0. The van der Waals surface area contributed by atoms with Gasteiger partial charge in [0.1, 0.15) is 0 Å². The molecule has 0 bridgehead atoms. The van der Waals surface area contributed by atoms with Crippen LogP contribution in [0.25, 0.3) is 0 Å². The second-order valence-electron chi connectivity index (χ2n) is 6.03. The number of guanidine groups is 1. The smallest absolute Gasteiger partial charge is 0.191 e. The Bertz CT molecular complexity index is 475. The Labute approximate surface area is 177 Å². The van der Waals surface area contributed by atoms with Crippen LogP contribution in [0.1, 0.15) is 44.7 Å². The van der Waals surface area contributed by atoms with Crippen molar-refractivity contribution in [2.24, 2.45) is 4.99 Å². The van der Waals surface area contributed by atoms with Crippen LogP contribution in [0.15, 0.2) is 29.3 Å². The van der Waals surface area contributed by atoms with Crippen molar-refractivity contribution in [1.29, 1.82) is 0 Å². The van der Waals surface area contributed by atoms with Gasteiger partial charge >= 0.3 is 0 Å². The molecule has 0 spiro atoms. The van der Waals surface area contributed by atoms with Crippen molar-refractivity contribution < 1.29 is 4.74 Å². The molecule has 1 aromatic carbocycles. The second kappa shape index (κ2) is 16.3. The molecular formula is C20H37IN4O. The van der Waals surface area contributed by atoms with Crippen molar-refractivity contribution >= 4 is 29.9 Å². The topological polar surface area (TPSA) is 48.9 Å². The third-order valence-electron chi connectivity index (χ3n) is 4.22. The van der Waals surface area contributed by atoms with Crippen LogP contribution in [0, 0.1) is 0 Å². The van der Waals surface area contributed by atoms with Crippen LogP contribution in [0.3, 0.4) is 0 Å². The molecule has 0 heterocycles. The van der Waals surface area contributed by atoms with E-state index in [1.54, 1.807) is 0 Å². The summed E-state index contributed by atoms with van der Waals surface area (Å²) in [7, 11) is 1.81. The number of halogens is 1. The van der Waals surface area contributed by atoms with Gasteiger partial charge in [-0.05, 0) is 44.0 Å². The molecule has 0 radical (unpaired) electrons. The third-order valence-corrected chi connectivity index (χ3v) is 4.22. The fraction of sp³-hybridized carbons (Fsp3) is 0.650. The quantitative estimate of drug-likeness (QED) is 0.209. The number of aliphatic imine (C=N–C) groups is 1. The Hall–Kier alpha value is -0.860. The maximum absolute atomic E-state index is 5.34. The highest BCUT2D eigenvalue weighted by atomic mass is 127. The SMILES string of the molecule is CCOCCCCNC(=NC)NCc1ccc(CN(CC)CC)cc1.I. The van der Waals surface area contributed by atoms with Gasteiger partial charge in [0, 0.05) is 39.9 Å². The van der Waals surface area contributed by atoms with Crippen molar-refractivity contribution in [1.82, 2.24) is 15.5 Å². The molecule has 150 valence electrons. The first-order valence-electron chi connectivity index (χ1n) is 9.55. The summed E-state index contributed by atoms with van der Waals surface area (Å²) < 4.78 is 5.34. The number of hydrogen-bond donors (Lipinski definition) is 2. The van der Waals surface area contributed by atoms with Crippen molar-refractivity contribution in [3.05, 3.63) is 35.4 Å². The van der Waals surface area contributed by atoms with Gasteiger partial charge in [0.05, 0.1) is 0 Å². The highest BCUT2D eigenvalue weighted by Crippen LogP contribution is 2.07. The van der Waals surface area contributed by atoms with Gasteiger partial charge in [-0.15, -0.1) is 24.0 Å². The van der Waals surface area contributed by atoms with Crippen molar-refractivity contribution in [2.45, 2.75) is 46.7 Å². The molecule has 0 aromatic heterocycles. The summed E-state index contributed by atoms with van der Waals surface area (Å²) in [5, 5.41) is 6.71. The largest absolute Gasteiger partial charge is 0.382 e. The van der Waals surface area contributed by atoms with Crippen LogP contribution in [-0.2, 0) is 17.8 Å². The standard InChI is InChI=1S/C20H36N4O.HI/c1-5-24(6-2)17-19-12-10-18(11-13-19)16-23-20(21-4)22-14-8-9-15-25-7-3;/h10-13H,5-9,14-17H2,1-4H3,(H2,21,22,23);1H. The summed E-state index contributed by atoms with van der Waals surface area (Å²) in [5.41, 5.74) is 2.63. The first kappa shape index (κ1) is 25.1. The lowest BCUT2D eigenvalue weighted by molar-refractivity contribution is 0.143. The summed E-state index contributed by atoms with van der Waals surface area (Å²) >= 11 is 0. The predicted octanol–water partition coefficient (Wildman–Crippen LogP) is 3.63. The van der Waals surface area contributed by atoms with E-state index in [9.17, 15) is 0 Å². The maximum atomic E-state index is 5.34. The Morgan fingerprint density at radius 3 is 2.23 bits per heavy atom. The maximum Gasteiger partial charge on any atom is 0.191 e. The van der Waals surface area contributed by atoms with E-state index >= 15 is 0 Å². The van der Waals surface area contributed by atoms with Crippen LogP contribution >= 0.6 is 24.0 Å². The molecule has 5 nitrogen and oxygen atoms in total. The Morgan fingerprint density at radius 1 is 1.00 bits per heavy atom. The first-order valence-corrected chi connectivity index (χ1v) is 9.55. The zero-order valence-corrected chi connectivity index (χ0v) is 19.2. The van der Waals surface area contributed by atoms with Crippen molar-refractivity contribution in [3.8, 4) is 0 Å². The van der Waals surface area contributed by atoms with Gasteiger partial charge in [-0.1, -0.05) is 38.1 Å². The Balaban J connectivity index is 0.00000625. The fourth-order valence-corrected chi connectivity index (χ4v) is 2.55. The molecule has 2 N–H and O–H groups in total. The summed E-state index contributed by atoms with van der Waals surface area (Å²) in [6.45, 7) is 13.0. The molecule has 26 heavy (non-hydrogen) atoms. The number of benzene rings is 1. The van der Waals surface area contributed by atoms with Crippen LogP contribution in [-0.4, -0.2) is 50.8 Å². The molecule has 0 saturated carbocycles. The number of rotatable bonds is 12. The number of nitrogens with zero attached hydrogens (tertiary/aromatic N) is 2. The van der Waals surface area contributed by atoms with Gasteiger partial charge in [0.25, 0.3) is 0 Å². The Morgan fingerprint density at radius 2 is 1.65 bits per heavy atom. The summed E-state index contributed by atoms with van der Waals surface area (Å²) in [4.78, 5) is 6.69. The van der Waals surface area contributed by atoms with Gasteiger partial charge in [0.15, 0.2) is 5.96 Å². The highest BCUT2D eigenvalue weighted by Gasteiger charge is 2.02. The minimum atomic E-state index is 0. The first-order chi connectivity index (χ1) is 12.2. The van der Waals surface area contributed by atoms with Gasteiger partial charge < -0.3 is 15.4 Å². The van der Waals surface area contributed by atoms with Crippen LogP contribution in [0.5, 0.6) is 0 Å². The van der Waals surface area contributed by atoms with Gasteiger partial charge in [-0.25, -0.2) is 0 Å². The minimum Gasteiger partial charge on any atom is -0.382 e. The van der Waals surface area contributed by atoms with Crippen LogP contribution < -0.4 is 10.6 Å². The van der Waals surface area contributed by atoms with Crippen molar-refractivity contribution in [2.75, 3.05) is 39.9 Å². The van der Waals surface area contributed by atoms with Crippen LogP contribution in [0.4, 0.5) is 0 Å². The van der Waals surface area contributed by atoms with E-state index in [1.807, 2.05) is 14.0 Å². The number of unbranched alkanes of at least 4 members (excludes halogenated alkanes) is 1. The predicted molar refractivity (Wildman–Crippen MR) is 122 cm³/mol. The molecule has 1 rings (SSSR count). The monoisotopic (exact) mass is 476 g/mol. The molecule has 0 unspecified atom stereocenters. The zero-order valence-electron chi connectivity index (χ0n) is 16.9. The van der Waals surface area contributed by atoms with Crippen molar-refractivity contribution in [3.63, 3.8) is 0 Å². The van der Waals surface area contributed by atoms with E-state index < -0.39 is 0 Å². The molecule has 0 amide bonds. The van der Waals surface area contributed by atoms with Crippen LogP contribution in [0.2, 0.25) is 0 Å². The normalized spacial score (nSPS) is 11.3. The lowest BCUT2D eigenvalue weighted by Crippen LogP contribution is -2.37. The van der Waals surface area contributed by atoms with Gasteiger partial charge in [0.2, 0.25) is 0 Å². The second-order valence-corrected chi connectivity index (χ2v) is 6.03. The molecule has 0 aliphatic heterocycles. The molecule has 0 aliphatic rings. The van der Waals surface area contributed by atoms with Gasteiger partial charge in [-0.3, -0.25) is 9.89 Å². The van der Waals surface area contributed by atoms with E-state index in [1.165, 1.54) is 11.1 Å². The molecule has 1 aromatic rings. The molecular weight excluding hydrogens is 439 g/mol.